The molecule has 2 aromatic carbocycles. The summed E-state index contributed by atoms with van der Waals surface area (Å²) in [6, 6.07) is 14.7. The molecule has 0 saturated heterocycles. The molecule has 0 amide bonds. The zero-order valence-corrected chi connectivity index (χ0v) is 11.9. The molecule has 0 radical (unpaired) electrons. The van der Waals surface area contributed by atoms with Crippen LogP contribution < -0.4 is 4.74 Å². The Morgan fingerprint density at radius 3 is 2.74 bits per heavy atom. The minimum atomic E-state index is -0.0962. The van der Waals surface area contributed by atoms with Crippen molar-refractivity contribution >= 4 is 11.6 Å². The van der Waals surface area contributed by atoms with Gasteiger partial charge in [0, 0.05) is 6.42 Å². The fourth-order valence-corrected chi connectivity index (χ4v) is 2.89. The molecule has 2 atom stereocenters. The van der Waals surface area contributed by atoms with Crippen LogP contribution in [0.15, 0.2) is 42.5 Å². The first-order chi connectivity index (χ1) is 9.13. The lowest BCUT2D eigenvalue weighted by Crippen LogP contribution is -2.05. The highest BCUT2D eigenvalue weighted by atomic mass is 35.5. The van der Waals surface area contributed by atoms with Crippen molar-refractivity contribution in [3.8, 4) is 5.75 Å². The molecule has 0 fully saturated rings. The number of alkyl halides is 1. The van der Waals surface area contributed by atoms with Gasteiger partial charge in [0.15, 0.2) is 0 Å². The molecule has 2 aromatic rings. The average molecular weight is 273 g/mol. The predicted molar refractivity (Wildman–Crippen MR) is 79.1 cm³/mol. The van der Waals surface area contributed by atoms with Crippen molar-refractivity contribution in [2.75, 3.05) is 0 Å². The molecule has 1 heterocycles. The van der Waals surface area contributed by atoms with Crippen LogP contribution in [-0.2, 0) is 6.42 Å². The molecule has 0 bridgehead atoms. The second-order valence-electron chi connectivity index (χ2n) is 5.28. The lowest BCUT2D eigenvalue weighted by Gasteiger charge is -2.12. The molecule has 0 aliphatic carbocycles. The maximum Gasteiger partial charge on any atom is 0.123 e. The third-order valence-electron chi connectivity index (χ3n) is 3.55. The number of halogens is 1. The van der Waals surface area contributed by atoms with Gasteiger partial charge in [-0.1, -0.05) is 42.0 Å². The molecule has 0 N–H and O–H groups in total. The molecule has 1 aliphatic heterocycles. The van der Waals surface area contributed by atoms with Gasteiger partial charge >= 0.3 is 0 Å². The number of fused-ring (bicyclic) bond motifs is 1. The maximum atomic E-state index is 6.60. The molecule has 3 rings (SSSR count). The Morgan fingerprint density at radius 2 is 1.95 bits per heavy atom. The lowest BCUT2D eigenvalue weighted by atomic mass is 9.99. The molecular formula is C17H17ClO. The van der Waals surface area contributed by atoms with E-state index in [1.165, 1.54) is 11.1 Å². The summed E-state index contributed by atoms with van der Waals surface area (Å²) in [5, 5.41) is -0.0962. The Labute approximate surface area is 119 Å². The van der Waals surface area contributed by atoms with E-state index in [0.717, 1.165) is 23.3 Å². The van der Waals surface area contributed by atoms with Gasteiger partial charge < -0.3 is 4.74 Å². The van der Waals surface area contributed by atoms with Crippen molar-refractivity contribution in [2.45, 2.75) is 31.7 Å². The van der Waals surface area contributed by atoms with Crippen LogP contribution in [0, 0.1) is 6.92 Å². The summed E-state index contributed by atoms with van der Waals surface area (Å²) in [7, 11) is 0. The summed E-state index contributed by atoms with van der Waals surface area (Å²) in [6.45, 7) is 4.18. The topological polar surface area (TPSA) is 9.23 Å². The van der Waals surface area contributed by atoms with Gasteiger partial charge in [0.1, 0.15) is 11.9 Å². The summed E-state index contributed by atoms with van der Waals surface area (Å²) in [5.41, 5.74) is 4.79. The first-order valence-electron chi connectivity index (χ1n) is 6.63. The molecule has 0 spiro atoms. The van der Waals surface area contributed by atoms with E-state index in [1.54, 1.807) is 0 Å². The standard InChI is InChI=1S/C17H17ClO/c1-11-4-3-5-13(8-11)17(18)14-6-7-16-15(10-14)9-12(2)19-16/h3-8,10,12,17H,9H2,1-2H3. The van der Waals surface area contributed by atoms with E-state index in [-0.39, 0.29) is 11.5 Å². The highest BCUT2D eigenvalue weighted by molar-refractivity contribution is 6.22. The van der Waals surface area contributed by atoms with E-state index in [2.05, 4.69) is 50.2 Å². The van der Waals surface area contributed by atoms with Crippen LogP contribution in [0.5, 0.6) is 5.75 Å². The van der Waals surface area contributed by atoms with Crippen molar-refractivity contribution < 1.29 is 4.74 Å². The van der Waals surface area contributed by atoms with Crippen LogP contribution in [-0.4, -0.2) is 6.10 Å². The second kappa shape index (κ2) is 4.90. The van der Waals surface area contributed by atoms with E-state index in [1.807, 2.05) is 6.07 Å². The number of ether oxygens (including phenoxy) is 1. The SMILES string of the molecule is Cc1cccc(C(Cl)c2ccc3c(c2)CC(C)O3)c1. The van der Waals surface area contributed by atoms with Crippen LogP contribution in [0.3, 0.4) is 0 Å². The molecule has 0 saturated carbocycles. The van der Waals surface area contributed by atoms with E-state index in [4.69, 9.17) is 16.3 Å². The van der Waals surface area contributed by atoms with Crippen molar-refractivity contribution in [3.05, 3.63) is 64.7 Å². The fraction of sp³-hybridized carbons (Fsp3) is 0.294. The van der Waals surface area contributed by atoms with E-state index >= 15 is 0 Å². The van der Waals surface area contributed by atoms with Crippen LogP contribution in [0.1, 0.15) is 34.6 Å². The van der Waals surface area contributed by atoms with Gasteiger partial charge in [0.25, 0.3) is 0 Å². The highest BCUT2D eigenvalue weighted by Crippen LogP contribution is 2.35. The van der Waals surface area contributed by atoms with Crippen LogP contribution in [0.4, 0.5) is 0 Å². The number of rotatable bonds is 2. The smallest absolute Gasteiger partial charge is 0.123 e. The Hall–Kier alpha value is -1.47. The quantitative estimate of drug-likeness (QED) is 0.723. The first-order valence-corrected chi connectivity index (χ1v) is 7.07. The number of aryl methyl sites for hydroxylation is 1. The molecule has 98 valence electrons. The summed E-state index contributed by atoms with van der Waals surface area (Å²) in [6.07, 6.45) is 1.25. The Kier molecular flexibility index (Phi) is 3.24. The Balaban J connectivity index is 1.93. The van der Waals surface area contributed by atoms with Gasteiger partial charge in [-0.05, 0) is 36.6 Å². The largest absolute Gasteiger partial charge is 0.490 e. The van der Waals surface area contributed by atoms with Gasteiger partial charge in [-0.2, -0.15) is 0 Å². The van der Waals surface area contributed by atoms with Gasteiger partial charge in [-0.3, -0.25) is 0 Å². The summed E-state index contributed by atoms with van der Waals surface area (Å²) < 4.78 is 5.72. The van der Waals surface area contributed by atoms with Crippen LogP contribution in [0.2, 0.25) is 0 Å². The fourth-order valence-electron chi connectivity index (χ4n) is 2.62. The third-order valence-corrected chi connectivity index (χ3v) is 4.05. The van der Waals surface area contributed by atoms with Crippen LogP contribution >= 0.6 is 11.6 Å². The maximum absolute atomic E-state index is 6.60. The summed E-state index contributed by atoms with van der Waals surface area (Å²) in [4.78, 5) is 0. The predicted octanol–water partition coefficient (Wildman–Crippen LogP) is 4.65. The van der Waals surface area contributed by atoms with Crippen molar-refractivity contribution in [2.24, 2.45) is 0 Å². The lowest BCUT2D eigenvalue weighted by molar-refractivity contribution is 0.254. The summed E-state index contributed by atoms with van der Waals surface area (Å²) >= 11 is 6.60. The van der Waals surface area contributed by atoms with Crippen molar-refractivity contribution in [1.82, 2.24) is 0 Å². The Morgan fingerprint density at radius 1 is 1.16 bits per heavy atom. The minimum Gasteiger partial charge on any atom is -0.490 e. The van der Waals surface area contributed by atoms with Crippen molar-refractivity contribution in [3.63, 3.8) is 0 Å². The molecule has 1 aliphatic rings. The average Bonchev–Trinajstić information content (AvgIpc) is 2.76. The third kappa shape index (κ3) is 2.48. The number of hydrogen-bond donors (Lipinski definition) is 0. The number of benzene rings is 2. The van der Waals surface area contributed by atoms with Gasteiger partial charge in [-0.15, -0.1) is 11.6 Å². The van der Waals surface area contributed by atoms with E-state index in [9.17, 15) is 0 Å². The molecule has 2 heteroatoms. The summed E-state index contributed by atoms with van der Waals surface area (Å²) in [5.74, 6) is 1.00. The minimum absolute atomic E-state index is 0.0962. The second-order valence-corrected chi connectivity index (χ2v) is 5.71. The van der Waals surface area contributed by atoms with Gasteiger partial charge in [-0.25, -0.2) is 0 Å². The van der Waals surface area contributed by atoms with E-state index in [0.29, 0.717) is 0 Å². The van der Waals surface area contributed by atoms with Crippen LogP contribution in [0.25, 0.3) is 0 Å². The normalized spacial score (nSPS) is 18.8. The Bertz CT molecular complexity index is 606. The molecule has 2 unspecified atom stereocenters. The highest BCUT2D eigenvalue weighted by Gasteiger charge is 2.21. The van der Waals surface area contributed by atoms with E-state index < -0.39 is 0 Å². The molecule has 0 aromatic heterocycles. The van der Waals surface area contributed by atoms with Gasteiger partial charge in [0.2, 0.25) is 0 Å². The zero-order chi connectivity index (χ0) is 13.4. The van der Waals surface area contributed by atoms with Gasteiger partial charge in [0.05, 0.1) is 5.38 Å². The first kappa shape index (κ1) is 12.6. The van der Waals surface area contributed by atoms with Crippen molar-refractivity contribution in [1.29, 1.82) is 0 Å². The molecule has 19 heavy (non-hydrogen) atoms. The monoisotopic (exact) mass is 272 g/mol. The molecular weight excluding hydrogens is 256 g/mol. The molecule has 1 nitrogen and oxygen atoms in total. The zero-order valence-electron chi connectivity index (χ0n) is 11.2. The number of hydrogen-bond acceptors (Lipinski definition) is 1.